The largest absolute Gasteiger partial charge is 0.321 e. The zero-order valence-corrected chi connectivity index (χ0v) is 7.70. The third-order valence-corrected chi connectivity index (χ3v) is 2.66. The van der Waals surface area contributed by atoms with Crippen molar-refractivity contribution < 1.29 is 4.39 Å². The first-order valence-electron chi connectivity index (χ1n) is 4.86. The second-order valence-corrected chi connectivity index (χ2v) is 3.90. The van der Waals surface area contributed by atoms with Crippen molar-refractivity contribution in [2.45, 2.75) is 19.4 Å². The van der Waals surface area contributed by atoms with E-state index in [4.69, 9.17) is 0 Å². The summed E-state index contributed by atoms with van der Waals surface area (Å²) < 4.78 is 14.9. The monoisotopic (exact) mass is 189 g/mol. The Bertz CT molecular complexity index is 471. The Morgan fingerprint density at radius 2 is 2.36 bits per heavy atom. The average Bonchev–Trinajstić information content (AvgIpc) is 2.89. The molecule has 2 nitrogen and oxygen atoms in total. The lowest BCUT2D eigenvalue weighted by atomic mass is 10.3. The Morgan fingerprint density at radius 3 is 3.14 bits per heavy atom. The van der Waals surface area contributed by atoms with Gasteiger partial charge in [-0.2, -0.15) is 0 Å². The molecule has 0 bridgehead atoms. The summed E-state index contributed by atoms with van der Waals surface area (Å²) in [7, 11) is 0. The van der Waals surface area contributed by atoms with Crippen LogP contribution < -0.4 is 0 Å². The quantitative estimate of drug-likeness (QED) is 0.709. The highest BCUT2D eigenvalue weighted by molar-refractivity contribution is 5.74. The van der Waals surface area contributed by atoms with Crippen molar-refractivity contribution >= 4 is 11.0 Å². The van der Waals surface area contributed by atoms with Crippen molar-refractivity contribution in [3.05, 3.63) is 30.3 Å². The summed E-state index contributed by atoms with van der Waals surface area (Å²) in [6, 6.07) is 4.70. The van der Waals surface area contributed by atoms with Crippen LogP contribution in [0.4, 0.5) is 4.39 Å². The number of imidazole rings is 1. The zero-order chi connectivity index (χ0) is 9.54. The maximum absolute atomic E-state index is 12.9. The maximum Gasteiger partial charge on any atom is 0.177 e. The van der Waals surface area contributed by atoms with Crippen LogP contribution in [0.3, 0.4) is 0 Å². The lowest BCUT2D eigenvalue weighted by molar-refractivity contribution is 0.627. The summed E-state index contributed by atoms with van der Waals surface area (Å²) in [5.41, 5.74) is 1.68. The Kier molecular flexibility index (Phi) is 1.60. The third kappa shape index (κ3) is 1.29. The molecule has 1 aliphatic carbocycles. The third-order valence-electron chi connectivity index (χ3n) is 2.66. The van der Waals surface area contributed by atoms with Gasteiger partial charge in [-0.3, -0.25) is 0 Å². The Hall–Kier alpha value is -1.38. The molecular weight excluding hydrogens is 179 g/mol. The number of hydrogen-bond donors (Lipinski definition) is 0. The number of rotatable bonds is 2. The number of nitrogens with zero attached hydrogens (tertiary/aromatic N) is 2. The van der Waals surface area contributed by atoms with E-state index in [0.29, 0.717) is 5.52 Å². The topological polar surface area (TPSA) is 17.8 Å². The van der Waals surface area contributed by atoms with E-state index in [9.17, 15) is 4.39 Å². The van der Waals surface area contributed by atoms with Crippen LogP contribution in [0.15, 0.2) is 18.2 Å². The summed E-state index contributed by atoms with van der Waals surface area (Å²) in [5.74, 6) is 0.552. The molecular formula is C11H10FN2. The second-order valence-electron chi connectivity index (χ2n) is 3.90. The molecule has 3 heteroatoms. The molecule has 0 saturated heterocycles. The Balaban J connectivity index is 2.06. The van der Waals surface area contributed by atoms with Gasteiger partial charge in [0.05, 0.1) is 11.0 Å². The van der Waals surface area contributed by atoms with Crippen LogP contribution in [-0.2, 0) is 6.54 Å². The molecule has 1 aromatic heterocycles. The van der Waals surface area contributed by atoms with E-state index in [2.05, 4.69) is 11.3 Å². The van der Waals surface area contributed by atoms with Gasteiger partial charge in [0.2, 0.25) is 0 Å². The molecule has 0 N–H and O–H groups in total. The maximum atomic E-state index is 12.9. The highest BCUT2D eigenvalue weighted by atomic mass is 19.1. The normalized spacial score (nSPS) is 16.4. The second kappa shape index (κ2) is 2.80. The van der Waals surface area contributed by atoms with Crippen molar-refractivity contribution in [3.8, 4) is 0 Å². The smallest absolute Gasteiger partial charge is 0.177 e. The van der Waals surface area contributed by atoms with E-state index in [0.717, 1.165) is 18.0 Å². The molecule has 0 spiro atoms. The van der Waals surface area contributed by atoms with E-state index in [-0.39, 0.29) is 5.82 Å². The van der Waals surface area contributed by atoms with Gasteiger partial charge in [-0.25, -0.2) is 9.37 Å². The molecule has 71 valence electrons. The van der Waals surface area contributed by atoms with Crippen LogP contribution in [0.5, 0.6) is 0 Å². The molecule has 14 heavy (non-hydrogen) atoms. The lowest BCUT2D eigenvalue weighted by Gasteiger charge is -2.00. The van der Waals surface area contributed by atoms with Crippen molar-refractivity contribution in [1.29, 1.82) is 0 Å². The van der Waals surface area contributed by atoms with Crippen LogP contribution in [0, 0.1) is 18.1 Å². The number of hydrogen-bond acceptors (Lipinski definition) is 1. The minimum absolute atomic E-state index is 0.234. The van der Waals surface area contributed by atoms with Gasteiger partial charge in [0.1, 0.15) is 5.82 Å². The van der Waals surface area contributed by atoms with Crippen LogP contribution in [0.25, 0.3) is 11.0 Å². The fourth-order valence-electron chi connectivity index (χ4n) is 1.68. The van der Waals surface area contributed by atoms with Gasteiger partial charge >= 0.3 is 0 Å². The number of aromatic nitrogens is 2. The molecule has 1 aliphatic rings. The number of halogens is 1. The van der Waals surface area contributed by atoms with E-state index < -0.39 is 0 Å². The molecule has 3 rings (SSSR count). The molecule has 1 saturated carbocycles. The van der Waals surface area contributed by atoms with Gasteiger partial charge in [-0.1, -0.05) is 0 Å². The van der Waals surface area contributed by atoms with E-state index in [1.54, 1.807) is 6.07 Å². The molecule has 0 amide bonds. The molecule has 0 aliphatic heterocycles. The van der Waals surface area contributed by atoms with Gasteiger partial charge in [-0.15, -0.1) is 0 Å². The minimum atomic E-state index is -0.234. The standard InChI is InChI=1S/C11H10FN2/c12-9-3-4-11-10(5-9)13-7-14(11)6-8-1-2-8/h3-5,8H,1-2,6H2. The molecule has 0 atom stereocenters. The van der Waals surface area contributed by atoms with Crippen molar-refractivity contribution in [2.75, 3.05) is 0 Å². The fourth-order valence-corrected chi connectivity index (χ4v) is 1.68. The SMILES string of the molecule is Fc1ccc2c(c1)n[c]n2CC1CC1. The molecule has 1 radical (unpaired) electrons. The highest BCUT2D eigenvalue weighted by Crippen LogP contribution is 2.31. The van der Waals surface area contributed by atoms with Gasteiger partial charge in [0.15, 0.2) is 6.33 Å². The van der Waals surface area contributed by atoms with E-state index >= 15 is 0 Å². The average molecular weight is 189 g/mol. The van der Waals surface area contributed by atoms with Gasteiger partial charge in [-0.05, 0) is 30.9 Å². The summed E-state index contributed by atoms with van der Waals surface area (Å²) in [6.45, 7) is 0.974. The van der Waals surface area contributed by atoms with Crippen molar-refractivity contribution in [3.63, 3.8) is 0 Å². The van der Waals surface area contributed by atoms with E-state index in [1.807, 2.05) is 4.57 Å². The molecule has 1 heterocycles. The Labute approximate surface area is 81.4 Å². The summed E-state index contributed by atoms with van der Waals surface area (Å²) in [6.07, 6.45) is 5.51. The van der Waals surface area contributed by atoms with Crippen molar-refractivity contribution in [2.24, 2.45) is 5.92 Å². The minimum Gasteiger partial charge on any atom is -0.321 e. The number of benzene rings is 1. The van der Waals surface area contributed by atoms with Crippen LogP contribution in [-0.4, -0.2) is 9.55 Å². The predicted molar refractivity (Wildman–Crippen MR) is 51.3 cm³/mol. The first-order valence-corrected chi connectivity index (χ1v) is 4.86. The van der Waals surface area contributed by atoms with Crippen LogP contribution in [0.1, 0.15) is 12.8 Å². The number of fused-ring (bicyclic) bond motifs is 1. The van der Waals surface area contributed by atoms with E-state index in [1.165, 1.54) is 25.0 Å². The van der Waals surface area contributed by atoms with Gasteiger partial charge < -0.3 is 4.57 Å². The molecule has 0 unspecified atom stereocenters. The van der Waals surface area contributed by atoms with Crippen molar-refractivity contribution in [1.82, 2.24) is 9.55 Å². The van der Waals surface area contributed by atoms with Crippen LogP contribution in [0.2, 0.25) is 0 Å². The lowest BCUT2D eigenvalue weighted by Crippen LogP contribution is -1.97. The Morgan fingerprint density at radius 1 is 1.50 bits per heavy atom. The predicted octanol–water partition coefficient (Wildman–Crippen LogP) is 2.39. The fraction of sp³-hybridized carbons (Fsp3) is 0.364. The van der Waals surface area contributed by atoms with Crippen LogP contribution >= 0.6 is 0 Å². The summed E-state index contributed by atoms with van der Waals surface area (Å²) in [5, 5.41) is 0. The summed E-state index contributed by atoms with van der Waals surface area (Å²) in [4.78, 5) is 4.06. The highest BCUT2D eigenvalue weighted by Gasteiger charge is 2.22. The molecule has 1 aromatic carbocycles. The first kappa shape index (κ1) is 7.97. The summed E-state index contributed by atoms with van der Waals surface area (Å²) >= 11 is 0. The first-order chi connectivity index (χ1) is 6.83. The molecule has 1 fully saturated rings. The molecule has 2 aromatic rings. The zero-order valence-electron chi connectivity index (χ0n) is 7.70. The van der Waals surface area contributed by atoms with Gasteiger partial charge in [0.25, 0.3) is 0 Å². The van der Waals surface area contributed by atoms with Gasteiger partial charge in [0, 0.05) is 12.6 Å².